The summed E-state index contributed by atoms with van der Waals surface area (Å²) in [6.45, 7) is 3.61. The molecule has 0 spiro atoms. The van der Waals surface area contributed by atoms with Crippen LogP contribution in [-0.2, 0) is 12.6 Å². The minimum absolute atomic E-state index is 0.275. The monoisotopic (exact) mass is 300 g/mol. The van der Waals surface area contributed by atoms with Crippen LogP contribution >= 0.6 is 0 Å². The third-order valence-electron chi connectivity index (χ3n) is 2.90. The van der Waals surface area contributed by atoms with Gasteiger partial charge in [-0.2, -0.15) is 18.3 Å². The van der Waals surface area contributed by atoms with Crippen LogP contribution in [0, 0.1) is 6.92 Å². The second-order valence-corrected chi connectivity index (χ2v) is 4.50. The number of nitrogen functional groups attached to an aromatic ring is 1. The van der Waals surface area contributed by atoms with Gasteiger partial charge in [-0.1, -0.05) is 6.92 Å². The van der Waals surface area contributed by atoms with Crippen molar-refractivity contribution in [1.82, 2.24) is 19.7 Å². The van der Waals surface area contributed by atoms with Gasteiger partial charge in [0.2, 0.25) is 0 Å². The van der Waals surface area contributed by atoms with Crippen LogP contribution in [0.15, 0.2) is 12.4 Å². The Labute approximate surface area is 119 Å². The second kappa shape index (κ2) is 5.68. The summed E-state index contributed by atoms with van der Waals surface area (Å²) in [4.78, 5) is 8.47. The van der Waals surface area contributed by atoms with Gasteiger partial charge in [0, 0.05) is 18.2 Å². The molecule has 6 nitrogen and oxygen atoms in total. The van der Waals surface area contributed by atoms with Gasteiger partial charge in [-0.3, -0.25) is 0 Å². The van der Waals surface area contributed by atoms with E-state index in [9.17, 15) is 13.2 Å². The molecule has 2 heterocycles. The van der Waals surface area contributed by atoms with Crippen molar-refractivity contribution >= 4 is 5.82 Å². The summed E-state index contributed by atoms with van der Waals surface area (Å²) < 4.78 is 39.0. The van der Waals surface area contributed by atoms with Crippen molar-refractivity contribution in [3.63, 3.8) is 0 Å². The van der Waals surface area contributed by atoms with E-state index >= 15 is 0 Å². The van der Waals surface area contributed by atoms with Gasteiger partial charge in [0.05, 0.1) is 11.8 Å². The molecule has 2 aromatic heterocycles. The van der Waals surface area contributed by atoms with Crippen LogP contribution in [0.3, 0.4) is 0 Å². The Hall–Kier alpha value is -2.16. The molecule has 2 aromatic rings. The van der Waals surface area contributed by atoms with Gasteiger partial charge in [-0.25, -0.2) is 20.5 Å². The number of hydrogen-bond acceptors (Lipinski definition) is 5. The zero-order chi connectivity index (χ0) is 15.6. The van der Waals surface area contributed by atoms with E-state index in [0.717, 1.165) is 23.5 Å². The quantitative estimate of drug-likeness (QED) is 0.668. The lowest BCUT2D eigenvalue weighted by Gasteiger charge is -2.11. The van der Waals surface area contributed by atoms with Crippen LogP contribution in [-0.4, -0.2) is 19.7 Å². The molecule has 9 heteroatoms. The number of aromatic nitrogens is 4. The lowest BCUT2D eigenvalue weighted by Crippen LogP contribution is -2.15. The maximum absolute atomic E-state index is 12.6. The Morgan fingerprint density at radius 1 is 1.33 bits per heavy atom. The zero-order valence-electron chi connectivity index (χ0n) is 11.6. The highest BCUT2D eigenvalue weighted by Gasteiger charge is 2.32. The number of anilines is 1. The largest absolute Gasteiger partial charge is 0.419 e. The van der Waals surface area contributed by atoms with Gasteiger partial charge in [0.25, 0.3) is 0 Å². The number of hydrazine groups is 1. The number of nitrogens with two attached hydrogens (primary N) is 1. The maximum Gasteiger partial charge on any atom is 0.419 e. The highest BCUT2D eigenvalue weighted by atomic mass is 19.4. The summed E-state index contributed by atoms with van der Waals surface area (Å²) in [5.41, 5.74) is 2.12. The summed E-state index contributed by atoms with van der Waals surface area (Å²) in [6.07, 6.45) is -1.39. The number of nitrogens with one attached hydrogen (secondary N) is 1. The molecule has 3 N–H and O–H groups in total. The molecule has 2 rings (SSSR count). The second-order valence-electron chi connectivity index (χ2n) is 4.50. The Morgan fingerprint density at radius 3 is 2.57 bits per heavy atom. The van der Waals surface area contributed by atoms with Gasteiger partial charge in [-0.15, -0.1) is 0 Å². The fourth-order valence-electron chi connectivity index (χ4n) is 1.83. The van der Waals surface area contributed by atoms with E-state index in [1.54, 1.807) is 6.92 Å². The van der Waals surface area contributed by atoms with Crippen LogP contribution in [0.1, 0.15) is 30.3 Å². The Kier molecular flexibility index (Phi) is 4.12. The first-order valence-electron chi connectivity index (χ1n) is 6.33. The van der Waals surface area contributed by atoms with Gasteiger partial charge >= 0.3 is 6.18 Å². The van der Waals surface area contributed by atoms with Crippen molar-refractivity contribution in [2.75, 3.05) is 5.43 Å². The Morgan fingerprint density at radius 2 is 2.05 bits per heavy atom. The van der Waals surface area contributed by atoms with Crippen molar-refractivity contribution in [3.05, 3.63) is 29.3 Å². The molecule has 0 aliphatic heterocycles. The Bertz CT molecular complexity index is 634. The SMILES string of the molecule is CCCc1nc(NN)c(C)c(-n2cc(C(F)(F)F)cn2)n1. The van der Waals surface area contributed by atoms with Gasteiger partial charge in [0.15, 0.2) is 5.82 Å². The normalized spacial score (nSPS) is 11.7. The fourth-order valence-corrected chi connectivity index (χ4v) is 1.83. The molecule has 0 saturated heterocycles. The van der Waals surface area contributed by atoms with Gasteiger partial charge < -0.3 is 5.43 Å². The lowest BCUT2D eigenvalue weighted by atomic mass is 10.2. The van der Waals surface area contributed by atoms with E-state index in [1.807, 2.05) is 6.92 Å². The predicted octanol–water partition coefficient (Wildman–Crippen LogP) is 2.23. The highest BCUT2D eigenvalue weighted by Crippen LogP contribution is 2.29. The zero-order valence-corrected chi connectivity index (χ0v) is 11.6. The minimum Gasteiger partial charge on any atom is -0.308 e. The van der Waals surface area contributed by atoms with Crippen LogP contribution in [0.2, 0.25) is 0 Å². The summed E-state index contributed by atoms with van der Waals surface area (Å²) in [6, 6.07) is 0. The van der Waals surface area contributed by atoms with Gasteiger partial charge in [0.1, 0.15) is 11.6 Å². The number of alkyl halides is 3. The molecule has 0 aliphatic carbocycles. The standard InChI is InChI=1S/C12H15F3N6/c1-3-4-9-18-10(20-16)7(2)11(19-9)21-6-8(5-17-21)12(13,14)15/h5-6H,3-4,16H2,1-2H3,(H,18,19,20). The summed E-state index contributed by atoms with van der Waals surface area (Å²) >= 11 is 0. The minimum atomic E-state index is -4.44. The number of halogens is 3. The fraction of sp³-hybridized carbons (Fsp3) is 0.417. The number of aryl methyl sites for hydroxylation is 1. The molecule has 0 radical (unpaired) electrons. The van der Waals surface area contributed by atoms with E-state index in [0.29, 0.717) is 23.6 Å². The maximum atomic E-state index is 12.6. The predicted molar refractivity (Wildman–Crippen MR) is 70.7 cm³/mol. The molecule has 0 amide bonds. The topological polar surface area (TPSA) is 81.6 Å². The van der Waals surface area contributed by atoms with E-state index in [1.165, 1.54) is 0 Å². The first-order chi connectivity index (χ1) is 9.86. The smallest absolute Gasteiger partial charge is 0.308 e. The number of hydrogen-bond donors (Lipinski definition) is 2. The third kappa shape index (κ3) is 3.13. The molecule has 0 aliphatic rings. The lowest BCUT2D eigenvalue weighted by molar-refractivity contribution is -0.137. The van der Waals surface area contributed by atoms with E-state index in [-0.39, 0.29) is 5.82 Å². The van der Waals surface area contributed by atoms with Crippen LogP contribution in [0.5, 0.6) is 0 Å². The van der Waals surface area contributed by atoms with Crippen molar-refractivity contribution in [2.45, 2.75) is 32.9 Å². The average Bonchev–Trinajstić information content (AvgIpc) is 2.90. The summed E-state index contributed by atoms with van der Waals surface area (Å²) in [5.74, 6) is 6.53. The van der Waals surface area contributed by atoms with Gasteiger partial charge in [-0.05, 0) is 13.3 Å². The average molecular weight is 300 g/mol. The van der Waals surface area contributed by atoms with Crippen LogP contribution < -0.4 is 11.3 Å². The molecule has 0 aromatic carbocycles. The number of nitrogens with zero attached hydrogens (tertiary/aromatic N) is 4. The van der Waals surface area contributed by atoms with Crippen molar-refractivity contribution < 1.29 is 13.2 Å². The molecule has 0 unspecified atom stereocenters. The van der Waals surface area contributed by atoms with Crippen LogP contribution in [0.4, 0.5) is 19.0 Å². The van der Waals surface area contributed by atoms with Crippen molar-refractivity contribution in [2.24, 2.45) is 5.84 Å². The van der Waals surface area contributed by atoms with E-state index in [2.05, 4.69) is 20.5 Å². The number of rotatable bonds is 4. The van der Waals surface area contributed by atoms with Crippen LogP contribution in [0.25, 0.3) is 5.82 Å². The molecule has 114 valence electrons. The van der Waals surface area contributed by atoms with Crippen molar-refractivity contribution in [1.29, 1.82) is 0 Å². The highest BCUT2D eigenvalue weighted by molar-refractivity contribution is 5.50. The molecule has 0 atom stereocenters. The molecular weight excluding hydrogens is 285 g/mol. The molecular formula is C12H15F3N6. The van der Waals surface area contributed by atoms with Crippen molar-refractivity contribution in [3.8, 4) is 5.82 Å². The third-order valence-corrected chi connectivity index (χ3v) is 2.90. The molecule has 0 bridgehead atoms. The van der Waals surface area contributed by atoms with E-state index < -0.39 is 11.7 Å². The molecule has 21 heavy (non-hydrogen) atoms. The first kappa shape index (κ1) is 15.2. The summed E-state index contributed by atoms with van der Waals surface area (Å²) in [7, 11) is 0. The molecule has 0 saturated carbocycles. The summed E-state index contributed by atoms with van der Waals surface area (Å²) in [5, 5.41) is 3.73. The molecule has 0 fully saturated rings. The van der Waals surface area contributed by atoms with E-state index in [4.69, 9.17) is 5.84 Å². The first-order valence-corrected chi connectivity index (χ1v) is 6.33. The Balaban J connectivity index is 2.51.